The number of nitrogens with two attached hydrogens (primary N) is 1. The van der Waals surface area contributed by atoms with E-state index in [9.17, 15) is 9.59 Å². The minimum atomic E-state index is -0.806. The van der Waals surface area contributed by atoms with Gasteiger partial charge in [-0.1, -0.05) is 19.3 Å². The number of ether oxygens (including phenoxy) is 3. The van der Waals surface area contributed by atoms with E-state index in [0.29, 0.717) is 19.5 Å². The fourth-order valence-electron chi connectivity index (χ4n) is 1.57. The normalized spacial score (nSPS) is 11.9. The predicted octanol–water partition coefficient (Wildman–Crippen LogP) is 1.36. The Kier molecular flexibility index (Phi) is 12.5. The van der Waals surface area contributed by atoms with Crippen LogP contribution in [0.3, 0.4) is 0 Å². The van der Waals surface area contributed by atoms with Crippen LogP contribution in [0.5, 0.6) is 0 Å². The second-order valence-corrected chi connectivity index (χ2v) is 4.11. The fraction of sp³-hybridized carbons (Fsp3) is 0.846. The Morgan fingerprint density at radius 3 is 2.53 bits per heavy atom. The maximum Gasteiger partial charge on any atom is 0.308 e. The molecule has 0 spiro atoms. The first-order valence-corrected chi connectivity index (χ1v) is 6.81. The molecule has 1 atom stereocenters. The monoisotopic (exact) mass is 275 g/mol. The van der Waals surface area contributed by atoms with Crippen LogP contribution in [0, 0.1) is 0 Å². The van der Waals surface area contributed by atoms with Crippen molar-refractivity contribution in [3.05, 3.63) is 0 Å². The van der Waals surface area contributed by atoms with Gasteiger partial charge in [-0.3, -0.25) is 9.59 Å². The first-order valence-electron chi connectivity index (χ1n) is 6.81. The topological polar surface area (TPSA) is 87.9 Å². The number of carbonyl (C=O) groups excluding carboxylic acids is 2. The van der Waals surface area contributed by atoms with Crippen LogP contribution in [0.4, 0.5) is 0 Å². The van der Waals surface area contributed by atoms with Gasteiger partial charge in [0, 0.05) is 13.0 Å². The van der Waals surface area contributed by atoms with E-state index in [2.05, 4.69) is 4.74 Å². The third-order valence-corrected chi connectivity index (χ3v) is 2.50. The lowest BCUT2D eigenvalue weighted by atomic mass is 10.1. The van der Waals surface area contributed by atoms with E-state index in [1.807, 2.05) is 0 Å². The third-order valence-electron chi connectivity index (χ3n) is 2.50. The van der Waals surface area contributed by atoms with Crippen LogP contribution in [0.15, 0.2) is 0 Å². The summed E-state index contributed by atoms with van der Waals surface area (Å²) in [5.74, 6) is -0.327. The molecule has 0 aliphatic heterocycles. The summed E-state index contributed by atoms with van der Waals surface area (Å²) < 4.78 is 14.7. The van der Waals surface area contributed by atoms with Gasteiger partial charge in [-0.25, -0.2) is 0 Å². The Morgan fingerprint density at radius 2 is 1.89 bits per heavy atom. The van der Waals surface area contributed by atoms with E-state index in [4.69, 9.17) is 15.2 Å². The van der Waals surface area contributed by atoms with Crippen LogP contribution < -0.4 is 5.73 Å². The van der Waals surface area contributed by atoms with Gasteiger partial charge in [-0.2, -0.15) is 0 Å². The average molecular weight is 275 g/mol. The molecule has 19 heavy (non-hydrogen) atoms. The van der Waals surface area contributed by atoms with Crippen LogP contribution in [0.25, 0.3) is 0 Å². The zero-order chi connectivity index (χ0) is 14.3. The van der Waals surface area contributed by atoms with E-state index in [1.54, 1.807) is 6.92 Å². The van der Waals surface area contributed by atoms with Crippen molar-refractivity contribution >= 4 is 12.4 Å². The van der Waals surface area contributed by atoms with Crippen molar-refractivity contribution in [2.45, 2.75) is 51.7 Å². The second-order valence-electron chi connectivity index (χ2n) is 4.11. The molecule has 0 saturated heterocycles. The van der Waals surface area contributed by atoms with Crippen molar-refractivity contribution in [3.63, 3.8) is 0 Å². The summed E-state index contributed by atoms with van der Waals surface area (Å²) >= 11 is 0. The molecule has 0 aliphatic rings. The maximum absolute atomic E-state index is 11.5. The highest BCUT2D eigenvalue weighted by atomic mass is 16.7. The Hall–Kier alpha value is -1.14. The summed E-state index contributed by atoms with van der Waals surface area (Å²) in [6.07, 6.45) is 4.52. The maximum atomic E-state index is 11.5. The van der Waals surface area contributed by atoms with Gasteiger partial charge in [0.25, 0.3) is 6.47 Å². The van der Waals surface area contributed by atoms with Crippen molar-refractivity contribution in [2.75, 3.05) is 19.8 Å². The van der Waals surface area contributed by atoms with Gasteiger partial charge < -0.3 is 19.9 Å². The third kappa shape index (κ3) is 11.7. The molecule has 2 N–H and O–H groups in total. The number of esters is 1. The zero-order valence-electron chi connectivity index (χ0n) is 11.6. The van der Waals surface area contributed by atoms with Crippen molar-refractivity contribution in [3.8, 4) is 0 Å². The fourth-order valence-corrected chi connectivity index (χ4v) is 1.57. The molecule has 0 aliphatic carbocycles. The summed E-state index contributed by atoms with van der Waals surface area (Å²) in [7, 11) is 0. The molecule has 112 valence electrons. The first kappa shape index (κ1) is 17.9. The van der Waals surface area contributed by atoms with Crippen molar-refractivity contribution in [1.29, 1.82) is 0 Å². The predicted molar refractivity (Wildman–Crippen MR) is 70.3 cm³/mol. The molecule has 0 bridgehead atoms. The van der Waals surface area contributed by atoms with Crippen LogP contribution in [0.2, 0.25) is 0 Å². The Morgan fingerprint density at radius 1 is 1.21 bits per heavy atom. The highest BCUT2D eigenvalue weighted by molar-refractivity contribution is 5.69. The summed E-state index contributed by atoms with van der Waals surface area (Å²) in [6, 6.07) is 0. The van der Waals surface area contributed by atoms with Crippen LogP contribution in [0.1, 0.15) is 45.4 Å². The lowest BCUT2D eigenvalue weighted by Gasteiger charge is -2.16. The zero-order valence-corrected chi connectivity index (χ0v) is 11.6. The summed E-state index contributed by atoms with van der Waals surface area (Å²) in [4.78, 5) is 21.6. The molecule has 0 fully saturated rings. The number of carbonyl (C=O) groups is 2. The molecule has 0 aromatic rings. The summed E-state index contributed by atoms with van der Waals surface area (Å²) in [5.41, 5.74) is 5.39. The first-order chi connectivity index (χ1) is 9.24. The van der Waals surface area contributed by atoms with Crippen LogP contribution >= 0.6 is 0 Å². The van der Waals surface area contributed by atoms with E-state index >= 15 is 0 Å². The van der Waals surface area contributed by atoms with Gasteiger partial charge in [-0.15, -0.1) is 0 Å². The molecule has 0 radical (unpaired) electrons. The number of hydrogen-bond acceptors (Lipinski definition) is 6. The van der Waals surface area contributed by atoms with Crippen molar-refractivity contribution < 1.29 is 23.8 Å². The molecule has 0 aromatic carbocycles. The number of hydrogen-bond donors (Lipinski definition) is 1. The molecule has 0 aromatic heterocycles. The van der Waals surface area contributed by atoms with Crippen LogP contribution in [-0.4, -0.2) is 38.5 Å². The summed E-state index contributed by atoms with van der Waals surface area (Å²) in [6.45, 7) is 3.12. The highest BCUT2D eigenvalue weighted by Gasteiger charge is 2.14. The van der Waals surface area contributed by atoms with Gasteiger partial charge in [0.05, 0.1) is 0 Å². The molecule has 6 heteroatoms. The van der Waals surface area contributed by atoms with E-state index in [0.717, 1.165) is 38.6 Å². The molecule has 6 nitrogen and oxygen atoms in total. The highest BCUT2D eigenvalue weighted by Crippen LogP contribution is 2.07. The van der Waals surface area contributed by atoms with Crippen molar-refractivity contribution in [2.24, 2.45) is 5.73 Å². The second kappa shape index (κ2) is 13.3. The lowest BCUT2D eigenvalue weighted by molar-refractivity contribution is -0.190. The average Bonchev–Trinajstić information content (AvgIpc) is 2.40. The van der Waals surface area contributed by atoms with Gasteiger partial charge in [0.15, 0.2) is 6.61 Å². The van der Waals surface area contributed by atoms with E-state index in [-0.39, 0.29) is 12.6 Å². The molecule has 0 amide bonds. The molecular formula is C13H25NO5. The molecule has 0 saturated carbocycles. The Labute approximate surface area is 114 Å². The molecule has 0 heterocycles. The number of unbranched alkanes of at least 4 members (excludes halogenated alkanes) is 4. The standard InChI is InChI=1S/C13H25NO5/c1-2-18-13(10-17-11-15)19-12(16)8-6-4-3-5-7-9-14/h11,13H,2-10,14H2,1H3. The molecular weight excluding hydrogens is 250 g/mol. The lowest BCUT2D eigenvalue weighted by Crippen LogP contribution is -2.26. The quantitative estimate of drug-likeness (QED) is 0.236. The SMILES string of the molecule is CCOC(COC=O)OC(=O)CCCCCCCN. The number of rotatable bonds is 13. The largest absolute Gasteiger partial charge is 0.461 e. The van der Waals surface area contributed by atoms with Gasteiger partial charge in [-0.05, 0) is 26.3 Å². The minimum absolute atomic E-state index is 0.0699. The van der Waals surface area contributed by atoms with Gasteiger partial charge >= 0.3 is 5.97 Å². The molecule has 0 rings (SSSR count). The van der Waals surface area contributed by atoms with Gasteiger partial charge in [0.1, 0.15) is 0 Å². The van der Waals surface area contributed by atoms with E-state index in [1.165, 1.54) is 0 Å². The minimum Gasteiger partial charge on any atom is -0.461 e. The smallest absolute Gasteiger partial charge is 0.308 e. The van der Waals surface area contributed by atoms with Gasteiger partial charge in [0.2, 0.25) is 6.29 Å². The van der Waals surface area contributed by atoms with Crippen molar-refractivity contribution in [1.82, 2.24) is 0 Å². The molecule has 1 unspecified atom stereocenters. The Balaban J connectivity index is 3.64. The van der Waals surface area contributed by atoms with E-state index < -0.39 is 6.29 Å². The summed E-state index contributed by atoms with van der Waals surface area (Å²) in [5, 5.41) is 0. The van der Waals surface area contributed by atoms with Crippen LogP contribution in [-0.2, 0) is 23.8 Å². The Bertz CT molecular complexity index is 235.